The van der Waals surface area contributed by atoms with Gasteiger partial charge in [0.25, 0.3) is 5.91 Å². The third-order valence-corrected chi connectivity index (χ3v) is 2.90. The Bertz CT molecular complexity index is 535. The number of hydrogen-bond acceptors (Lipinski definition) is 5. The zero-order valence-electron chi connectivity index (χ0n) is 10.0. The molecule has 0 bridgehead atoms. The molecule has 0 saturated carbocycles. The summed E-state index contributed by atoms with van der Waals surface area (Å²) in [5.74, 6) is 0.632. The molecule has 0 saturated heterocycles. The average molecular weight is 279 g/mol. The molecule has 19 heavy (non-hydrogen) atoms. The van der Waals surface area contributed by atoms with Gasteiger partial charge >= 0.3 is 0 Å². The summed E-state index contributed by atoms with van der Waals surface area (Å²) in [6.07, 6.45) is 1.55. The van der Waals surface area contributed by atoms with Crippen molar-refractivity contribution in [3.05, 3.63) is 46.5 Å². The molecule has 3 N–H and O–H groups in total. The minimum Gasteiger partial charge on any atom is -0.467 e. The molecule has 0 radical (unpaired) electrons. The third-order valence-electron chi connectivity index (χ3n) is 2.22. The number of amides is 1. The summed E-state index contributed by atoms with van der Waals surface area (Å²) in [5.41, 5.74) is 6.44. The van der Waals surface area contributed by atoms with Crippen molar-refractivity contribution in [3.63, 3.8) is 0 Å². The predicted octanol–water partition coefficient (Wildman–Crippen LogP) is 1.29. The van der Waals surface area contributed by atoms with Crippen LogP contribution in [0.1, 0.15) is 11.3 Å². The van der Waals surface area contributed by atoms with Gasteiger partial charge in [0.2, 0.25) is 0 Å². The van der Waals surface area contributed by atoms with Crippen LogP contribution in [0.2, 0.25) is 0 Å². The minimum absolute atomic E-state index is 0.189. The van der Waals surface area contributed by atoms with Crippen LogP contribution in [0.25, 0.3) is 0 Å². The summed E-state index contributed by atoms with van der Waals surface area (Å²) >= 11 is 1.51. The zero-order valence-corrected chi connectivity index (χ0v) is 10.9. The molecule has 0 aromatic carbocycles. The van der Waals surface area contributed by atoms with Crippen LogP contribution >= 0.6 is 11.3 Å². The fourth-order valence-electron chi connectivity index (χ4n) is 1.27. The maximum absolute atomic E-state index is 11.4. The molecule has 0 aliphatic carbocycles. The number of nitrogens with one attached hydrogen (secondary N) is 1. The summed E-state index contributed by atoms with van der Waals surface area (Å²) in [4.78, 5) is 16.3. The standard InChI is InChI=1S/C12H13N3O3S/c13-12(9-3-5-19-8-9)15-18-7-11(16)14-6-10-2-1-4-17-10/h1-5,8H,6-7H2,(H2,13,15)(H,14,16). The maximum Gasteiger partial charge on any atom is 0.261 e. The largest absolute Gasteiger partial charge is 0.467 e. The summed E-state index contributed by atoms with van der Waals surface area (Å²) in [5, 5.41) is 10.0. The van der Waals surface area contributed by atoms with E-state index in [2.05, 4.69) is 10.5 Å². The average Bonchev–Trinajstić information content (AvgIpc) is 3.09. The molecule has 1 amide bonds. The lowest BCUT2D eigenvalue weighted by Gasteiger charge is -2.02. The van der Waals surface area contributed by atoms with Crippen LogP contribution in [-0.4, -0.2) is 18.3 Å². The van der Waals surface area contributed by atoms with Gasteiger partial charge in [0.05, 0.1) is 12.8 Å². The lowest BCUT2D eigenvalue weighted by molar-refractivity contribution is -0.125. The molecule has 7 heteroatoms. The molecular formula is C12H13N3O3S. The SMILES string of the molecule is N/C(=N\OCC(=O)NCc1ccco1)c1ccsc1. The molecule has 2 rings (SSSR count). The molecule has 0 spiro atoms. The monoisotopic (exact) mass is 279 g/mol. The Balaban J connectivity index is 1.70. The minimum atomic E-state index is -0.293. The Kier molecular flexibility index (Phi) is 4.57. The van der Waals surface area contributed by atoms with Crippen LogP contribution in [0, 0.1) is 0 Å². The van der Waals surface area contributed by atoms with E-state index in [1.165, 1.54) is 11.3 Å². The number of nitrogens with two attached hydrogens (primary N) is 1. The van der Waals surface area contributed by atoms with E-state index in [9.17, 15) is 4.79 Å². The zero-order chi connectivity index (χ0) is 13.5. The smallest absolute Gasteiger partial charge is 0.261 e. The number of nitrogens with zero attached hydrogens (tertiary/aromatic N) is 1. The van der Waals surface area contributed by atoms with E-state index >= 15 is 0 Å². The van der Waals surface area contributed by atoms with Crippen molar-refractivity contribution >= 4 is 23.1 Å². The molecule has 0 aliphatic heterocycles. The highest BCUT2D eigenvalue weighted by Gasteiger charge is 2.04. The first-order valence-electron chi connectivity index (χ1n) is 5.53. The molecule has 2 aromatic heterocycles. The highest BCUT2D eigenvalue weighted by atomic mass is 32.1. The third kappa shape index (κ3) is 4.14. The number of hydrogen-bond donors (Lipinski definition) is 2. The van der Waals surface area contributed by atoms with Gasteiger partial charge in [-0.3, -0.25) is 4.79 Å². The molecule has 0 fully saturated rings. The maximum atomic E-state index is 11.4. The molecule has 0 unspecified atom stereocenters. The van der Waals surface area contributed by atoms with Crippen LogP contribution < -0.4 is 11.1 Å². The fraction of sp³-hybridized carbons (Fsp3) is 0.167. The van der Waals surface area contributed by atoms with E-state index in [4.69, 9.17) is 15.0 Å². The van der Waals surface area contributed by atoms with Crippen LogP contribution in [0.5, 0.6) is 0 Å². The molecule has 2 aromatic rings. The number of thiophene rings is 1. The number of oxime groups is 1. The first-order chi connectivity index (χ1) is 9.25. The second kappa shape index (κ2) is 6.60. The van der Waals surface area contributed by atoms with Gasteiger partial charge in [-0.25, -0.2) is 0 Å². The summed E-state index contributed by atoms with van der Waals surface area (Å²) in [6, 6.07) is 5.35. The van der Waals surface area contributed by atoms with Crippen LogP contribution in [0.15, 0.2) is 44.8 Å². The Morgan fingerprint density at radius 1 is 1.53 bits per heavy atom. The second-order valence-corrected chi connectivity index (χ2v) is 4.40. The van der Waals surface area contributed by atoms with Crippen molar-refractivity contribution in [2.45, 2.75) is 6.54 Å². The molecule has 2 heterocycles. The van der Waals surface area contributed by atoms with E-state index in [1.807, 2.05) is 16.8 Å². The van der Waals surface area contributed by atoms with Crippen molar-refractivity contribution in [3.8, 4) is 0 Å². The highest BCUT2D eigenvalue weighted by Crippen LogP contribution is 2.05. The Labute approximate surface area is 113 Å². The molecule has 100 valence electrons. The van der Waals surface area contributed by atoms with Crippen molar-refractivity contribution in [1.29, 1.82) is 0 Å². The van der Waals surface area contributed by atoms with Gasteiger partial charge in [-0.2, -0.15) is 11.3 Å². The van der Waals surface area contributed by atoms with Gasteiger partial charge in [0, 0.05) is 10.9 Å². The first kappa shape index (κ1) is 13.2. The molecule has 6 nitrogen and oxygen atoms in total. The van der Waals surface area contributed by atoms with Crippen LogP contribution in [0.4, 0.5) is 0 Å². The van der Waals surface area contributed by atoms with Crippen molar-refractivity contribution in [2.75, 3.05) is 6.61 Å². The van der Waals surface area contributed by atoms with Gasteiger partial charge in [-0.05, 0) is 23.6 Å². The Morgan fingerprint density at radius 2 is 2.42 bits per heavy atom. The molecule has 0 atom stereocenters. The quantitative estimate of drug-likeness (QED) is 0.473. The highest BCUT2D eigenvalue weighted by molar-refractivity contribution is 7.08. The van der Waals surface area contributed by atoms with Gasteiger partial charge < -0.3 is 20.3 Å². The van der Waals surface area contributed by atoms with E-state index in [0.717, 1.165) is 5.56 Å². The second-order valence-electron chi connectivity index (χ2n) is 3.62. The van der Waals surface area contributed by atoms with Gasteiger partial charge in [-0.15, -0.1) is 0 Å². The van der Waals surface area contributed by atoms with Crippen LogP contribution in [-0.2, 0) is 16.2 Å². The predicted molar refractivity (Wildman–Crippen MR) is 71.6 cm³/mol. The number of furan rings is 1. The van der Waals surface area contributed by atoms with E-state index < -0.39 is 0 Å². The normalized spacial score (nSPS) is 11.3. The number of amidine groups is 1. The summed E-state index contributed by atoms with van der Waals surface area (Å²) in [6.45, 7) is 0.129. The first-order valence-corrected chi connectivity index (χ1v) is 6.47. The molecular weight excluding hydrogens is 266 g/mol. The van der Waals surface area contributed by atoms with Crippen molar-refractivity contribution < 1.29 is 14.0 Å². The lowest BCUT2D eigenvalue weighted by atomic mass is 10.3. The van der Waals surface area contributed by atoms with E-state index in [0.29, 0.717) is 12.3 Å². The van der Waals surface area contributed by atoms with Gasteiger partial charge in [-0.1, -0.05) is 5.16 Å². The van der Waals surface area contributed by atoms with Gasteiger partial charge in [0.15, 0.2) is 12.4 Å². The molecule has 0 aliphatic rings. The Hall–Kier alpha value is -2.28. The number of carbonyl (C=O) groups is 1. The number of carbonyl (C=O) groups excluding carboxylic acids is 1. The van der Waals surface area contributed by atoms with Gasteiger partial charge in [0.1, 0.15) is 5.76 Å². The summed E-state index contributed by atoms with van der Waals surface area (Å²) < 4.78 is 5.07. The van der Waals surface area contributed by atoms with Crippen LogP contribution in [0.3, 0.4) is 0 Å². The van der Waals surface area contributed by atoms with Crippen molar-refractivity contribution in [1.82, 2.24) is 5.32 Å². The van der Waals surface area contributed by atoms with Crippen molar-refractivity contribution in [2.24, 2.45) is 10.9 Å². The van der Waals surface area contributed by atoms with E-state index in [-0.39, 0.29) is 18.3 Å². The van der Waals surface area contributed by atoms with E-state index in [1.54, 1.807) is 18.4 Å². The topological polar surface area (TPSA) is 89.9 Å². The number of rotatable bonds is 6. The Morgan fingerprint density at radius 3 is 3.11 bits per heavy atom. The lowest BCUT2D eigenvalue weighted by Crippen LogP contribution is -2.26. The fourth-order valence-corrected chi connectivity index (χ4v) is 1.92. The summed E-state index contributed by atoms with van der Waals surface area (Å²) in [7, 11) is 0.